The van der Waals surface area contributed by atoms with E-state index in [-0.39, 0.29) is 29.3 Å². The lowest BCUT2D eigenvalue weighted by molar-refractivity contribution is -0.124. The van der Waals surface area contributed by atoms with Crippen molar-refractivity contribution in [3.63, 3.8) is 0 Å². The monoisotopic (exact) mass is 531 g/mol. The van der Waals surface area contributed by atoms with Gasteiger partial charge in [0.1, 0.15) is 6.04 Å². The second kappa shape index (κ2) is 11.8. The second-order valence-corrected chi connectivity index (χ2v) is 12.2. The van der Waals surface area contributed by atoms with Crippen molar-refractivity contribution in [2.24, 2.45) is 5.92 Å². The molecule has 1 aliphatic carbocycles. The van der Waals surface area contributed by atoms with E-state index in [0.717, 1.165) is 32.1 Å². The van der Waals surface area contributed by atoms with Crippen LogP contribution in [0.3, 0.4) is 0 Å². The quantitative estimate of drug-likeness (QED) is 0.549. The van der Waals surface area contributed by atoms with Gasteiger partial charge in [-0.15, -0.1) is 0 Å². The summed E-state index contributed by atoms with van der Waals surface area (Å²) in [4.78, 5) is 25.7. The molecule has 3 atom stereocenters. The molecule has 36 heavy (non-hydrogen) atoms. The summed E-state index contributed by atoms with van der Waals surface area (Å²) in [5.74, 6) is 0.0519. The number of sulfonamides is 1. The van der Waals surface area contributed by atoms with Gasteiger partial charge in [0.05, 0.1) is 4.90 Å². The highest BCUT2D eigenvalue weighted by Crippen LogP contribution is 2.27. The minimum atomic E-state index is -3.98. The average molecular weight is 532 g/mol. The number of rotatable bonds is 7. The predicted molar refractivity (Wildman–Crippen MR) is 140 cm³/mol. The second-order valence-electron chi connectivity index (χ2n) is 9.85. The minimum absolute atomic E-state index is 0.0185. The van der Waals surface area contributed by atoms with Gasteiger partial charge in [-0.1, -0.05) is 43.5 Å². The van der Waals surface area contributed by atoms with Crippen LogP contribution in [-0.4, -0.2) is 43.2 Å². The number of halogens is 1. The maximum atomic E-state index is 13.7. The van der Waals surface area contributed by atoms with Gasteiger partial charge in [0.2, 0.25) is 15.9 Å². The summed E-state index contributed by atoms with van der Waals surface area (Å²) in [5.41, 5.74) is 1.24. The van der Waals surface area contributed by atoms with Crippen LogP contribution < -0.4 is 10.6 Å². The number of amides is 2. The Morgan fingerprint density at radius 3 is 2.36 bits per heavy atom. The normalized spacial score (nSPS) is 23.1. The fourth-order valence-corrected chi connectivity index (χ4v) is 6.76. The van der Waals surface area contributed by atoms with E-state index in [4.69, 9.17) is 11.6 Å². The van der Waals surface area contributed by atoms with E-state index < -0.39 is 16.1 Å². The van der Waals surface area contributed by atoms with Crippen LogP contribution in [0.5, 0.6) is 0 Å². The number of nitrogens with zero attached hydrogens (tertiary/aromatic N) is 1. The maximum Gasteiger partial charge on any atom is 0.251 e. The summed E-state index contributed by atoms with van der Waals surface area (Å²) in [6, 6.07) is 12.3. The first-order valence-electron chi connectivity index (χ1n) is 12.7. The molecule has 1 saturated heterocycles. The van der Waals surface area contributed by atoms with Gasteiger partial charge in [-0.25, -0.2) is 8.42 Å². The Morgan fingerprint density at radius 2 is 1.67 bits per heavy atom. The fourth-order valence-electron chi connectivity index (χ4n) is 5.03. The molecule has 1 saturated carbocycles. The average Bonchev–Trinajstić information content (AvgIpc) is 3.08. The number of hydrogen-bond donors (Lipinski definition) is 2. The summed E-state index contributed by atoms with van der Waals surface area (Å²) >= 11 is 5.97. The van der Waals surface area contributed by atoms with Crippen LogP contribution in [0.15, 0.2) is 53.4 Å². The SMILES string of the molecule is CC1CCCCC1NC(=O)c1ccc(CN([C@@H]2CCCCNC2=O)S(=O)(=O)c2ccc(Cl)cc2)cc1. The zero-order valence-corrected chi connectivity index (χ0v) is 22.2. The molecule has 2 amide bonds. The first kappa shape index (κ1) is 26.6. The van der Waals surface area contributed by atoms with E-state index >= 15 is 0 Å². The topological polar surface area (TPSA) is 95.6 Å². The Hall–Kier alpha value is -2.42. The van der Waals surface area contributed by atoms with Crippen molar-refractivity contribution in [1.29, 1.82) is 0 Å². The van der Waals surface area contributed by atoms with Gasteiger partial charge in [-0.05, 0) is 80.0 Å². The molecule has 2 N–H and O–H groups in total. The van der Waals surface area contributed by atoms with Crippen LogP contribution >= 0.6 is 11.6 Å². The highest BCUT2D eigenvalue weighted by atomic mass is 35.5. The molecule has 0 spiro atoms. The molecule has 1 aliphatic heterocycles. The molecular weight excluding hydrogens is 498 g/mol. The number of hydrogen-bond acceptors (Lipinski definition) is 4. The molecule has 0 bridgehead atoms. The third-order valence-electron chi connectivity index (χ3n) is 7.26. The summed E-state index contributed by atoms with van der Waals surface area (Å²) in [6.45, 7) is 2.73. The standard InChI is InChI=1S/C27H34ClN3O4S/c1-19-6-2-3-7-24(19)30-26(32)21-11-9-20(10-12-21)18-31(25-8-4-5-17-29-27(25)33)36(34,35)23-15-13-22(28)14-16-23/h9-16,19,24-25H,2-8,17-18H2,1H3,(H,29,33)(H,30,32)/t19?,24?,25-/m1/s1. The van der Waals surface area contributed by atoms with Crippen LogP contribution in [0.1, 0.15) is 67.8 Å². The molecule has 2 fully saturated rings. The first-order chi connectivity index (χ1) is 17.3. The van der Waals surface area contributed by atoms with Gasteiger partial charge >= 0.3 is 0 Å². The van der Waals surface area contributed by atoms with Crippen molar-refractivity contribution >= 4 is 33.4 Å². The van der Waals surface area contributed by atoms with Crippen LogP contribution in [-0.2, 0) is 21.4 Å². The van der Waals surface area contributed by atoms with E-state index in [1.807, 2.05) is 0 Å². The zero-order valence-electron chi connectivity index (χ0n) is 20.6. The molecule has 2 aliphatic rings. The lowest BCUT2D eigenvalue weighted by atomic mass is 9.86. The van der Waals surface area contributed by atoms with Crippen molar-refractivity contribution < 1.29 is 18.0 Å². The highest BCUT2D eigenvalue weighted by Gasteiger charge is 2.36. The molecule has 4 rings (SSSR count). The van der Waals surface area contributed by atoms with Crippen LogP contribution in [0.4, 0.5) is 0 Å². The molecule has 7 nitrogen and oxygen atoms in total. The highest BCUT2D eigenvalue weighted by molar-refractivity contribution is 7.89. The van der Waals surface area contributed by atoms with Crippen molar-refractivity contribution in [3.8, 4) is 0 Å². The lowest BCUT2D eigenvalue weighted by Gasteiger charge is -2.30. The smallest absolute Gasteiger partial charge is 0.251 e. The van der Waals surface area contributed by atoms with Gasteiger partial charge < -0.3 is 10.6 Å². The molecule has 2 aromatic rings. The largest absolute Gasteiger partial charge is 0.355 e. The molecule has 1 heterocycles. The van der Waals surface area contributed by atoms with Gasteiger partial charge in [0, 0.05) is 29.7 Å². The third-order valence-corrected chi connectivity index (χ3v) is 9.38. The number of nitrogens with one attached hydrogen (secondary N) is 2. The zero-order chi connectivity index (χ0) is 25.7. The third kappa shape index (κ3) is 6.28. The van der Waals surface area contributed by atoms with Crippen LogP contribution in [0.25, 0.3) is 0 Å². The summed E-state index contributed by atoms with van der Waals surface area (Å²) in [5, 5.41) is 6.43. The summed E-state index contributed by atoms with van der Waals surface area (Å²) < 4.78 is 28.6. The predicted octanol–water partition coefficient (Wildman–Crippen LogP) is 4.51. The van der Waals surface area contributed by atoms with Crippen molar-refractivity contribution in [3.05, 3.63) is 64.7 Å². The van der Waals surface area contributed by atoms with Gasteiger partial charge in [0.15, 0.2) is 0 Å². The van der Waals surface area contributed by atoms with Gasteiger partial charge in [-0.2, -0.15) is 4.31 Å². The minimum Gasteiger partial charge on any atom is -0.355 e. The van der Waals surface area contributed by atoms with E-state index in [0.29, 0.717) is 35.0 Å². The van der Waals surface area contributed by atoms with E-state index in [1.165, 1.54) is 35.0 Å². The number of carbonyl (C=O) groups excluding carboxylic acids is 2. The molecule has 2 aromatic carbocycles. The summed E-state index contributed by atoms with van der Waals surface area (Å²) in [7, 11) is -3.98. The molecule has 0 radical (unpaired) electrons. The van der Waals surface area contributed by atoms with E-state index in [1.54, 1.807) is 24.3 Å². The Bertz CT molecular complexity index is 1170. The summed E-state index contributed by atoms with van der Waals surface area (Å²) in [6.07, 6.45) is 6.44. The Labute approximate surface area is 218 Å². The van der Waals surface area contributed by atoms with Gasteiger partial charge in [0.25, 0.3) is 5.91 Å². The number of carbonyl (C=O) groups is 2. The number of benzene rings is 2. The van der Waals surface area contributed by atoms with Crippen molar-refractivity contribution in [2.45, 2.75) is 75.4 Å². The molecule has 9 heteroatoms. The molecule has 194 valence electrons. The Kier molecular flexibility index (Phi) is 8.70. The molecule has 0 aromatic heterocycles. The fraction of sp³-hybridized carbons (Fsp3) is 0.481. The van der Waals surface area contributed by atoms with Crippen LogP contribution in [0, 0.1) is 5.92 Å². The van der Waals surface area contributed by atoms with Crippen LogP contribution in [0.2, 0.25) is 5.02 Å². The lowest BCUT2D eigenvalue weighted by Crippen LogP contribution is -2.48. The van der Waals surface area contributed by atoms with Crippen molar-refractivity contribution in [1.82, 2.24) is 14.9 Å². The molecule has 2 unspecified atom stereocenters. The van der Waals surface area contributed by atoms with E-state index in [2.05, 4.69) is 17.6 Å². The Morgan fingerprint density at radius 1 is 1.00 bits per heavy atom. The van der Waals surface area contributed by atoms with Crippen molar-refractivity contribution in [2.75, 3.05) is 6.54 Å². The maximum absolute atomic E-state index is 13.7. The first-order valence-corrected chi connectivity index (χ1v) is 14.5. The Balaban J connectivity index is 1.56. The van der Waals surface area contributed by atoms with E-state index in [9.17, 15) is 18.0 Å². The van der Waals surface area contributed by atoms with Gasteiger partial charge in [-0.3, -0.25) is 9.59 Å². The molecular formula is C27H34ClN3O4S.